The van der Waals surface area contributed by atoms with Gasteiger partial charge < -0.3 is 14.5 Å². The minimum absolute atomic E-state index is 0.190. The Morgan fingerprint density at radius 3 is 2.56 bits per heavy atom. The molecule has 2 aromatic rings. The zero-order valence-electron chi connectivity index (χ0n) is 14.3. The molecule has 25 heavy (non-hydrogen) atoms. The number of hydrogen-bond acceptors (Lipinski definition) is 4. The van der Waals surface area contributed by atoms with Crippen molar-refractivity contribution in [3.05, 3.63) is 45.6 Å². The molecule has 2 unspecified atom stereocenters. The van der Waals surface area contributed by atoms with Gasteiger partial charge in [0.15, 0.2) is 6.23 Å². The van der Waals surface area contributed by atoms with Crippen LogP contribution in [0.25, 0.3) is 0 Å². The molecule has 2 amide bonds. The van der Waals surface area contributed by atoms with Crippen molar-refractivity contribution in [1.82, 2.24) is 10.1 Å². The highest BCUT2D eigenvalue weighted by Gasteiger charge is 2.43. The van der Waals surface area contributed by atoms with E-state index in [2.05, 4.69) is 5.16 Å². The second-order valence-corrected chi connectivity index (χ2v) is 7.56. The number of urea groups is 1. The number of benzene rings is 1. The van der Waals surface area contributed by atoms with Crippen LogP contribution in [0.3, 0.4) is 0 Å². The SMILES string of the molecule is CC1C(O)N(c2cc(C(C)(C)c3cc(Cl)ccc3Cl)no2)C(=O)N1C. The summed E-state index contributed by atoms with van der Waals surface area (Å²) in [6.07, 6.45) is -1.00. The summed E-state index contributed by atoms with van der Waals surface area (Å²) in [6.45, 7) is 5.63. The number of amides is 2. The van der Waals surface area contributed by atoms with Gasteiger partial charge in [-0.25, -0.2) is 9.69 Å². The van der Waals surface area contributed by atoms with E-state index in [4.69, 9.17) is 27.7 Å². The third-order valence-electron chi connectivity index (χ3n) is 4.79. The first-order valence-electron chi connectivity index (χ1n) is 7.81. The number of aliphatic hydroxyl groups is 1. The van der Waals surface area contributed by atoms with E-state index in [0.29, 0.717) is 15.7 Å². The molecule has 8 heteroatoms. The second-order valence-electron chi connectivity index (χ2n) is 6.72. The van der Waals surface area contributed by atoms with Gasteiger partial charge in [0, 0.05) is 28.6 Å². The Kier molecular flexibility index (Phi) is 4.47. The van der Waals surface area contributed by atoms with Gasteiger partial charge in [-0.2, -0.15) is 0 Å². The average Bonchev–Trinajstić information content (AvgIpc) is 3.11. The number of nitrogens with zero attached hydrogens (tertiary/aromatic N) is 3. The molecule has 0 bridgehead atoms. The fourth-order valence-corrected chi connectivity index (χ4v) is 3.41. The van der Waals surface area contributed by atoms with Crippen molar-refractivity contribution in [2.75, 3.05) is 11.9 Å². The summed E-state index contributed by atoms with van der Waals surface area (Å²) in [6, 6.07) is 6.17. The van der Waals surface area contributed by atoms with E-state index in [1.807, 2.05) is 13.8 Å². The van der Waals surface area contributed by atoms with Crippen molar-refractivity contribution in [3.63, 3.8) is 0 Å². The zero-order chi connectivity index (χ0) is 18.5. The smallest absolute Gasteiger partial charge is 0.329 e. The molecule has 1 aromatic carbocycles. The normalized spacial score (nSPS) is 21.3. The van der Waals surface area contributed by atoms with Crippen LogP contribution in [0.2, 0.25) is 10.0 Å². The largest absolute Gasteiger partial charge is 0.371 e. The first-order chi connectivity index (χ1) is 11.6. The molecule has 0 radical (unpaired) electrons. The molecule has 134 valence electrons. The lowest BCUT2D eigenvalue weighted by atomic mass is 9.81. The molecule has 2 heterocycles. The van der Waals surface area contributed by atoms with Crippen LogP contribution < -0.4 is 4.90 Å². The Labute approximate surface area is 155 Å². The number of anilines is 1. The van der Waals surface area contributed by atoms with E-state index in [9.17, 15) is 9.90 Å². The summed E-state index contributed by atoms with van der Waals surface area (Å²) < 4.78 is 5.36. The van der Waals surface area contributed by atoms with Crippen LogP contribution in [0.15, 0.2) is 28.8 Å². The molecule has 0 aliphatic carbocycles. The van der Waals surface area contributed by atoms with Gasteiger partial charge in [-0.05, 0) is 44.5 Å². The Bertz CT molecular complexity index is 821. The lowest BCUT2D eigenvalue weighted by molar-refractivity contribution is 0.135. The summed E-state index contributed by atoms with van der Waals surface area (Å²) in [5.41, 5.74) is 0.767. The Morgan fingerprint density at radius 1 is 1.28 bits per heavy atom. The van der Waals surface area contributed by atoms with E-state index < -0.39 is 11.6 Å². The van der Waals surface area contributed by atoms with Gasteiger partial charge in [-0.15, -0.1) is 0 Å². The maximum absolute atomic E-state index is 12.3. The maximum atomic E-state index is 12.3. The van der Waals surface area contributed by atoms with Crippen LogP contribution in [-0.4, -0.2) is 40.5 Å². The van der Waals surface area contributed by atoms with Crippen LogP contribution in [0.1, 0.15) is 32.0 Å². The van der Waals surface area contributed by atoms with Crippen LogP contribution in [0, 0.1) is 0 Å². The first kappa shape index (κ1) is 18.0. The van der Waals surface area contributed by atoms with Gasteiger partial charge in [0.05, 0.1) is 11.7 Å². The molecule has 1 aliphatic heterocycles. The van der Waals surface area contributed by atoms with E-state index in [1.54, 1.807) is 38.2 Å². The van der Waals surface area contributed by atoms with E-state index in [-0.39, 0.29) is 18.0 Å². The van der Waals surface area contributed by atoms with Crippen LogP contribution in [-0.2, 0) is 5.41 Å². The summed E-state index contributed by atoms with van der Waals surface area (Å²) in [4.78, 5) is 15.0. The number of rotatable bonds is 3. The molecule has 1 saturated heterocycles. The summed E-state index contributed by atoms with van der Waals surface area (Å²) in [5, 5.41) is 15.5. The Morgan fingerprint density at radius 2 is 1.96 bits per heavy atom. The van der Waals surface area contributed by atoms with E-state index in [0.717, 1.165) is 5.56 Å². The number of aliphatic hydroxyl groups excluding tert-OH is 1. The second kappa shape index (κ2) is 6.20. The third-order valence-corrected chi connectivity index (χ3v) is 5.36. The van der Waals surface area contributed by atoms with Crippen LogP contribution in [0.4, 0.5) is 10.7 Å². The maximum Gasteiger partial charge on any atom is 0.329 e. The standard InChI is InChI=1S/C17H19Cl2N3O3/c1-9-15(23)22(16(24)21(9)4)14-8-13(20-25-14)17(2,3)11-7-10(18)5-6-12(11)19/h5-9,15,23H,1-4H3. The number of aromatic nitrogens is 1. The number of carbonyl (C=O) groups excluding carboxylic acids is 1. The minimum Gasteiger partial charge on any atom is -0.371 e. The van der Waals surface area contributed by atoms with Crippen molar-refractivity contribution in [3.8, 4) is 0 Å². The number of likely N-dealkylation sites (N-methyl/N-ethyl adjacent to an activating group) is 1. The van der Waals surface area contributed by atoms with Gasteiger partial charge in [0.2, 0.25) is 5.88 Å². The van der Waals surface area contributed by atoms with Gasteiger partial charge in [0.25, 0.3) is 0 Å². The monoisotopic (exact) mass is 383 g/mol. The highest BCUT2D eigenvalue weighted by Crippen LogP contribution is 2.39. The molecule has 2 atom stereocenters. The summed E-state index contributed by atoms with van der Waals surface area (Å²) in [5.74, 6) is 0.190. The Hall–Kier alpha value is -1.76. The highest BCUT2D eigenvalue weighted by molar-refractivity contribution is 6.33. The predicted octanol–water partition coefficient (Wildman–Crippen LogP) is 3.89. The molecule has 0 spiro atoms. The van der Waals surface area contributed by atoms with E-state index in [1.165, 1.54) is 9.80 Å². The van der Waals surface area contributed by atoms with Gasteiger partial charge in [0.1, 0.15) is 0 Å². The molecule has 1 N–H and O–H groups in total. The van der Waals surface area contributed by atoms with Crippen molar-refractivity contribution in [2.45, 2.75) is 38.5 Å². The van der Waals surface area contributed by atoms with Crippen molar-refractivity contribution < 1.29 is 14.4 Å². The van der Waals surface area contributed by atoms with Crippen molar-refractivity contribution in [1.29, 1.82) is 0 Å². The first-order valence-corrected chi connectivity index (χ1v) is 8.57. The molecular formula is C17H19Cl2N3O3. The molecule has 1 fully saturated rings. The third kappa shape index (κ3) is 2.88. The molecule has 1 aliphatic rings. The molecule has 0 saturated carbocycles. The number of carbonyl (C=O) groups is 1. The number of hydrogen-bond donors (Lipinski definition) is 1. The molecule has 1 aromatic heterocycles. The minimum atomic E-state index is -1.00. The summed E-state index contributed by atoms with van der Waals surface area (Å²) in [7, 11) is 1.63. The predicted molar refractivity (Wildman–Crippen MR) is 96.2 cm³/mol. The van der Waals surface area contributed by atoms with E-state index >= 15 is 0 Å². The lowest BCUT2D eigenvalue weighted by Gasteiger charge is -2.24. The van der Waals surface area contributed by atoms with Crippen LogP contribution >= 0.6 is 23.2 Å². The van der Waals surface area contributed by atoms with Gasteiger partial charge in [-0.1, -0.05) is 28.4 Å². The van der Waals surface area contributed by atoms with Crippen LogP contribution in [0.5, 0.6) is 0 Å². The quantitative estimate of drug-likeness (QED) is 0.872. The van der Waals surface area contributed by atoms with Crippen molar-refractivity contribution >= 4 is 35.1 Å². The fourth-order valence-electron chi connectivity index (χ4n) is 2.89. The topological polar surface area (TPSA) is 69.8 Å². The fraction of sp³-hybridized carbons (Fsp3) is 0.412. The van der Waals surface area contributed by atoms with Gasteiger partial charge >= 0.3 is 6.03 Å². The molecule has 3 rings (SSSR count). The van der Waals surface area contributed by atoms with Crippen molar-refractivity contribution in [2.24, 2.45) is 0 Å². The average molecular weight is 384 g/mol. The number of halogens is 2. The molecule has 6 nitrogen and oxygen atoms in total. The Balaban J connectivity index is 1.98. The lowest BCUT2D eigenvalue weighted by Crippen LogP contribution is -2.35. The molecular weight excluding hydrogens is 365 g/mol. The summed E-state index contributed by atoms with van der Waals surface area (Å²) >= 11 is 12.4. The van der Waals surface area contributed by atoms with Gasteiger partial charge in [-0.3, -0.25) is 0 Å². The highest BCUT2D eigenvalue weighted by atomic mass is 35.5. The zero-order valence-corrected chi connectivity index (χ0v) is 15.8.